The maximum absolute atomic E-state index is 12.8. The minimum Gasteiger partial charge on any atom is -0.508 e. The number of aliphatic hydroxyl groups is 1. The van der Waals surface area contributed by atoms with Gasteiger partial charge in [0.05, 0.1) is 22.9 Å². The van der Waals surface area contributed by atoms with Gasteiger partial charge < -0.3 is 19.7 Å². The first-order valence-corrected chi connectivity index (χ1v) is 9.98. The van der Waals surface area contributed by atoms with Crippen LogP contribution >= 0.6 is 0 Å². The normalized spacial score (nSPS) is 43.0. The quantitative estimate of drug-likeness (QED) is 0.623. The zero-order chi connectivity index (χ0) is 19.6. The van der Waals surface area contributed by atoms with Gasteiger partial charge in [-0.3, -0.25) is 0 Å². The second-order valence-corrected chi connectivity index (χ2v) is 9.60. The van der Waals surface area contributed by atoms with E-state index in [0.717, 1.165) is 19.3 Å². The molecule has 5 nitrogen and oxygen atoms in total. The number of carbonyl (C=O) groups is 1. The summed E-state index contributed by atoms with van der Waals surface area (Å²) in [5, 5.41) is 21.0. The van der Waals surface area contributed by atoms with E-state index < -0.39 is 17.7 Å². The highest BCUT2D eigenvalue weighted by molar-refractivity contribution is 5.89. The van der Waals surface area contributed by atoms with Crippen LogP contribution in [-0.4, -0.2) is 39.6 Å². The van der Waals surface area contributed by atoms with Gasteiger partial charge in [0, 0.05) is 12.3 Å². The fraction of sp³-hybridized carbons (Fsp3) is 0.682. The summed E-state index contributed by atoms with van der Waals surface area (Å²) < 4.78 is 12.0. The van der Waals surface area contributed by atoms with Crippen LogP contribution in [0.4, 0.5) is 0 Å². The van der Waals surface area contributed by atoms with E-state index in [2.05, 4.69) is 27.7 Å². The van der Waals surface area contributed by atoms with Crippen molar-refractivity contribution in [3.8, 4) is 5.75 Å². The fourth-order valence-corrected chi connectivity index (χ4v) is 5.63. The maximum atomic E-state index is 12.8. The molecule has 1 aliphatic heterocycles. The number of aromatic hydroxyl groups is 1. The van der Waals surface area contributed by atoms with Crippen LogP contribution in [0.1, 0.15) is 63.7 Å². The van der Waals surface area contributed by atoms with Crippen molar-refractivity contribution in [2.75, 3.05) is 0 Å². The Hall–Kier alpha value is -1.59. The molecular formula is C22H30O5. The molecule has 4 rings (SSSR count). The number of ether oxygens (including phenoxy) is 2. The lowest BCUT2D eigenvalue weighted by Gasteiger charge is -2.44. The predicted molar refractivity (Wildman–Crippen MR) is 100 cm³/mol. The van der Waals surface area contributed by atoms with Gasteiger partial charge in [-0.25, -0.2) is 4.79 Å². The van der Waals surface area contributed by atoms with Gasteiger partial charge in [0.15, 0.2) is 0 Å². The number of fused-ring (bicyclic) bond motifs is 2. The monoisotopic (exact) mass is 374 g/mol. The molecule has 3 aliphatic rings. The highest BCUT2D eigenvalue weighted by atomic mass is 16.6. The largest absolute Gasteiger partial charge is 0.508 e. The lowest BCUT2D eigenvalue weighted by Crippen LogP contribution is -2.50. The van der Waals surface area contributed by atoms with E-state index in [0.29, 0.717) is 12.0 Å². The molecule has 6 atom stereocenters. The van der Waals surface area contributed by atoms with Crippen LogP contribution in [-0.2, 0) is 9.47 Å². The second kappa shape index (κ2) is 5.95. The molecule has 0 amide bonds. The van der Waals surface area contributed by atoms with Crippen LogP contribution in [0.25, 0.3) is 0 Å². The van der Waals surface area contributed by atoms with E-state index in [9.17, 15) is 15.0 Å². The first-order chi connectivity index (χ1) is 12.6. The number of benzene rings is 1. The van der Waals surface area contributed by atoms with E-state index >= 15 is 0 Å². The fourth-order valence-electron chi connectivity index (χ4n) is 5.63. The summed E-state index contributed by atoms with van der Waals surface area (Å²) in [6.45, 7) is 8.40. The summed E-state index contributed by atoms with van der Waals surface area (Å²) in [5.41, 5.74) is -0.826. The first-order valence-electron chi connectivity index (χ1n) is 9.98. The Bertz CT molecular complexity index is 744. The van der Waals surface area contributed by atoms with Gasteiger partial charge in [0.1, 0.15) is 11.9 Å². The third kappa shape index (κ3) is 2.95. The number of epoxide rings is 1. The molecule has 148 valence electrons. The van der Waals surface area contributed by atoms with Crippen LogP contribution in [0, 0.1) is 17.3 Å². The number of phenols is 1. The van der Waals surface area contributed by atoms with Crippen molar-refractivity contribution >= 4 is 5.97 Å². The molecule has 2 aliphatic carbocycles. The van der Waals surface area contributed by atoms with Crippen molar-refractivity contribution < 1.29 is 24.5 Å². The highest BCUT2D eigenvalue weighted by Crippen LogP contribution is 2.63. The Labute approximate surface area is 160 Å². The zero-order valence-electron chi connectivity index (χ0n) is 16.6. The molecule has 27 heavy (non-hydrogen) atoms. The van der Waals surface area contributed by atoms with E-state index in [4.69, 9.17) is 9.47 Å². The van der Waals surface area contributed by atoms with Gasteiger partial charge >= 0.3 is 5.97 Å². The summed E-state index contributed by atoms with van der Waals surface area (Å²) >= 11 is 0. The number of hydrogen-bond donors (Lipinski definition) is 2. The molecule has 0 spiro atoms. The van der Waals surface area contributed by atoms with Gasteiger partial charge in [0.2, 0.25) is 0 Å². The van der Waals surface area contributed by atoms with Crippen molar-refractivity contribution in [3.05, 3.63) is 29.8 Å². The smallest absolute Gasteiger partial charge is 0.338 e. The number of phenolic OH excluding ortho intramolecular Hbond substituents is 1. The van der Waals surface area contributed by atoms with Gasteiger partial charge in [-0.15, -0.1) is 0 Å². The van der Waals surface area contributed by atoms with Crippen molar-refractivity contribution in [2.45, 2.75) is 76.8 Å². The second-order valence-electron chi connectivity index (χ2n) is 9.60. The molecule has 1 saturated heterocycles. The minimum atomic E-state index is -0.845. The Morgan fingerprint density at radius 1 is 1.19 bits per heavy atom. The average molecular weight is 374 g/mol. The Balaban J connectivity index is 1.67. The van der Waals surface area contributed by atoms with Crippen molar-refractivity contribution in [3.63, 3.8) is 0 Å². The summed E-state index contributed by atoms with van der Waals surface area (Å²) in [4.78, 5) is 12.8. The Morgan fingerprint density at radius 3 is 2.48 bits per heavy atom. The SMILES string of the molecule is CC(C)[C@@]1(O)CC[C@]2(C)C[C@H]3O[C@]3(C)C[C@@H](OC(=O)c3ccc(O)cc3)[C@@H]21. The molecule has 1 aromatic carbocycles. The number of esters is 1. The Kier molecular flexibility index (Phi) is 4.13. The Morgan fingerprint density at radius 2 is 1.85 bits per heavy atom. The third-order valence-electron chi connectivity index (χ3n) is 7.41. The van der Waals surface area contributed by atoms with E-state index in [1.807, 2.05) is 0 Å². The van der Waals surface area contributed by atoms with Gasteiger partial charge in [-0.1, -0.05) is 20.8 Å². The molecule has 3 fully saturated rings. The van der Waals surface area contributed by atoms with Crippen LogP contribution in [0.5, 0.6) is 5.75 Å². The summed E-state index contributed by atoms with van der Waals surface area (Å²) in [6, 6.07) is 6.09. The van der Waals surface area contributed by atoms with Crippen LogP contribution in [0.15, 0.2) is 24.3 Å². The van der Waals surface area contributed by atoms with Crippen molar-refractivity contribution in [1.29, 1.82) is 0 Å². The van der Waals surface area contributed by atoms with Gasteiger partial charge in [-0.2, -0.15) is 0 Å². The lowest BCUT2D eigenvalue weighted by atomic mass is 9.67. The van der Waals surface area contributed by atoms with E-state index in [1.165, 1.54) is 12.1 Å². The molecule has 0 radical (unpaired) electrons. The van der Waals surface area contributed by atoms with Gasteiger partial charge in [0.25, 0.3) is 0 Å². The molecule has 0 unspecified atom stereocenters. The van der Waals surface area contributed by atoms with Crippen molar-refractivity contribution in [2.24, 2.45) is 17.3 Å². The van der Waals surface area contributed by atoms with Crippen LogP contribution in [0.3, 0.4) is 0 Å². The predicted octanol–water partition coefficient (Wildman–Crippen LogP) is 3.67. The molecule has 1 aromatic rings. The van der Waals surface area contributed by atoms with Gasteiger partial charge in [-0.05, 0) is 61.8 Å². The van der Waals surface area contributed by atoms with Crippen LogP contribution in [0.2, 0.25) is 0 Å². The number of carbonyl (C=O) groups excluding carboxylic acids is 1. The van der Waals surface area contributed by atoms with E-state index in [1.54, 1.807) is 12.1 Å². The molecule has 0 aromatic heterocycles. The number of rotatable bonds is 3. The molecule has 5 heteroatoms. The summed E-state index contributed by atoms with van der Waals surface area (Å²) in [7, 11) is 0. The summed E-state index contributed by atoms with van der Waals surface area (Å²) in [6.07, 6.45) is 2.92. The third-order valence-corrected chi connectivity index (χ3v) is 7.41. The zero-order valence-corrected chi connectivity index (χ0v) is 16.6. The minimum absolute atomic E-state index is 0.0855. The lowest BCUT2D eigenvalue weighted by molar-refractivity contribution is -0.120. The molecule has 2 N–H and O–H groups in total. The molecule has 0 bridgehead atoms. The van der Waals surface area contributed by atoms with Crippen molar-refractivity contribution in [1.82, 2.24) is 0 Å². The average Bonchev–Trinajstić information content (AvgIpc) is 3.12. The maximum Gasteiger partial charge on any atom is 0.338 e. The number of hydrogen-bond acceptors (Lipinski definition) is 5. The molecular weight excluding hydrogens is 344 g/mol. The van der Waals surface area contributed by atoms with Crippen LogP contribution < -0.4 is 0 Å². The molecule has 2 saturated carbocycles. The van der Waals surface area contributed by atoms with E-state index in [-0.39, 0.29) is 34.7 Å². The topological polar surface area (TPSA) is 79.3 Å². The highest BCUT2D eigenvalue weighted by Gasteiger charge is 2.68. The standard InChI is InChI=1S/C22H30O5/c1-13(2)22(25)10-9-20(3)12-17-21(4,27-17)11-16(18(20)22)26-19(24)14-5-7-15(23)8-6-14/h5-8,13,16-18,23,25H,9-12H2,1-4H3/t16-,17-,18+,20-,21-,22+/m1/s1. The first kappa shape index (κ1) is 18.8. The summed E-state index contributed by atoms with van der Waals surface area (Å²) in [5.74, 6) is -0.329. The molecule has 1 heterocycles.